The number of benzene rings is 2. The van der Waals surface area contributed by atoms with Crippen molar-refractivity contribution in [3.8, 4) is 5.75 Å². The topological polar surface area (TPSA) is 84.9 Å². The molecule has 0 radical (unpaired) electrons. The second-order valence-corrected chi connectivity index (χ2v) is 8.40. The quantitative estimate of drug-likeness (QED) is 0.768. The number of nitrogens with one attached hydrogen (secondary N) is 1. The molecule has 1 fully saturated rings. The molecule has 0 unspecified atom stereocenters. The molecule has 2 aromatic carbocycles. The molecular formula is C19H21ClN2O5S. The lowest BCUT2D eigenvalue weighted by Gasteiger charge is -2.33. The van der Waals surface area contributed by atoms with Gasteiger partial charge < -0.3 is 14.4 Å². The minimum Gasteiger partial charge on any atom is -0.495 e. The maximum Gasteiger partial charge on any atom is 0.244 e. The molecule has 1 amide bonds. The van der Waals surface area contributed by atoms with Crippen molar-refractivity contribution in [2.75, 3.05) is 33.4 Å². The van der Waals surface area contributed by atoms with Gasteiger partial charge in [0, 0.05) is 11.6 Å². The Kier molecular flexibility index (Phi) is 6.56. The highest BCUT2D eigenvalue weighted by atomic mass is 35.5. The molecule has 0 aliphatic carbocycles. The summed E-state index contributed by atoms with van der Waals surface area (Å²) in [5.41, 5.74) is 0.976. The molecule has 0 spiro atoms. The number of rotatable bonds is 6. The summed E-state index contributed by atoms with van der Waals surface area (Å²) >= 11 is 5.90. The highest BCUT2D eigenvalue weighted by Crippen LogP contribution is 2.27. The summed E-state index contributed by atoms with van der Waals surface area (Å²) in [5.74, 6) is -0.173. The average molecular weight is 425 g/mol. The van der Waals surface area contributed by atoms with Gasteiger partial charge in [-0.1, -0.05) is 41.9 Å². The molecule has 7 nitrogen and oxygen atoms in total. The highest BCUT2D eigenvalue weighted by molar-refractivity contribution is 7.89. The Balaban J connectivity index is 1.65. The molecule has 0 bridgehead atoms. The van der Waals surface area contributed by atoms with Crippen molar-refractivity contribution in [3.63, 3.8) is 0 Å². The molecule has 1 aliphatic rings. The second kappa shape index (κ2) is 8.91. The third-order valence-electron chi connectivity index (χ3n) is 4.42. The van der Waals surface area contributed by atoms with Gasteiger partial charge in [-0.25, -0.2) is 13.1 Å². The summed E-state index contributed by atoms with van der Waals surface area (Å²) in [6.45, 7) is 0.801. The number of halogens is 1. The zero-order valence-corrected chi connectivity index (χ0v) is 16.9. The third kappa shape index (κ3) is 4.82. The van der Waals surface area contributed by atoms with Gasteiger partial charge in [-0.3, -0.25) is 4.79 Å². The third-order valence-corrected chi connectivity index (χ3v) is 6.08. The van der Waals surface area contributed by atoms with E-state index in [-0.39, 0.29) is 34.2 Å². The van der Waals surface area contributed by atoms with Crippen LogP contribution in [0.15, 0.2) is 53.4 Å². The van der Waals surface area contributed by atoms with Crippen molar-refractivity contribution in [2.24, 2.45) is 0 Å². The second-order valence-electron chi connectivity index (χ2n) is 6.23. The Morgan fingerprint density at radius 3 is 2.75 bits per heavy atom. The molecule has 150 valence electrons. The van der Waals surface area contributed by atoms with Gasteiger partial charge in [-0.05, 0) is 23.8 Å². The van der Waals surface area contributed by atoms with Crippen molar-refractivity contribution >= 4 is 27.5 Å². The average Bonchev–Trinajstić information content (AvgIpc) is 2.73. The summed E-state index contributed by atoms with van der Waals surface area (Å²) in [6.07, 6.45) is -0.233. The van der Waals surface area contributed by atoms with Crippen LogP contribution in [0.3, 0.4) is 0 Å². The van der Waals surface area contributed by atoms with E-state index in [1.807, 2.05) is 30.3 Å². The first kappa shape index (κ1) is 20.6. The summed E-state index contributed by atoms with van der Waals surface area (Å²) < 4.78 is 38.3. The van der Waals surface area contributed by atoms with Crippen LogP contribution in [0, 0.1) is 0 Å². The van der Waals surface area contributed by atoms with Crippen LogP contribution < -0.4 is 9.46 Å². The van der Waals surface area contributed by atoms with Crippen molar-refractivity contribution < 1.29 is 22.7 Å². The van der Waals surface area contributed by atoms with Gasteiger partial charge in [0.15, 0.2) is 0 Å². The van der Waals surface area contributed by atoms with Crippen LogP contribution in [0.25, 0.3) is 0 Å². The first-order chi connectivity index (χ1) is 13.4. The molecule has 0 aromatic heterocycles. The Hall–Kier alpha value is -2.13. The van der Waals surface area contributed by atoms with Crippen LogP contribution in [0.5, 0.6) is 5.75 Å². The van der Waals surface area contributed by atoms with E-state index < -0.39 is 10.0 Å². The number of hydrogen-bond donors (Lipinski definition) is 1. The monoisotopic (exact) mass is 424 g/mol. The van der Waals surface area contributed by atoms with Crippen molar-refractivity contribution in [1.82, 2.24) is 9.62 Å². The van der Waals surface area contributed by atoms with E-state index in [2.05, 4.69) is 4.72 Å². The smallest absolute Gasteiger partial charge is 0.244 e. The van der Waals surface area contributed by atoms with Gasteiger partial charge >= 0.3 is 0 Å². The first-order valence-corrected chi connectivity index (χ1v) is 10.5. The fourth-order valence-electron chi connectivity index (χ4n) is 2.95. The minimum absolute atomic E-state index is 0.112. The molecule has 1 aliphatic heterocycles. The number of amides is 1. The number of morpholine rings is 1. The molecule has 1 heterocycles. The molecule has 9 heteroatoms. The van der Waals surface area contributed by atoms with Crippen LogP contribution >= 0.6 is 11.6 Å². The van der Waals surface area contributed by atoms with Crippen LogP contribution in [0.2, 0.25) is 5.02 Å². The van der Waals surface area contributed by atoms with Crippen LogP contribution in [0.4, 0.5) is 0 Å². The van der Waals surface area contributed by atoms with Crippen molar-refractivity contribution in [2.45, 2.75) is 11.0 Å². The maximum absolute atomic E-state index is 12.6. The van der Waals surface area contributed by atoms with Gasteiger partial charge in [0.25, 0.3) is 0 Å². The molecule has 0 saturated carbocycles. The van der Waals surface area contributed by atoms with E-state index in [1.165, 1.54) is 25.3 Å². The summed E-state index contributed by atoms with van der Waals surface area (Å²) in [4.78, 5) is 14.0. The summed E-state index contributed by atoms with van der Waals surface area (Å²) in [7, 11) is -2.60. The van der Waals surface area contributed by atoms with E-state index in [4.69, 9.17) is 21.1 Å². The van der Waals surface area contributed by atoms with Gasteiger partial charge in [-0.15, -0.1) is 0 Å². The Bertz CT molecular complexity index is 937. The molecule has 28 heavy (non-hydrogen) atoms. The Morgan fingerprint density at radius 2 is 2.04 bits per heavy atom. The molecule has 3 rings (SSSR count). The zero-order valence-electron chi connectivity index (χ0n) is 15.3. The van der Waals surface area contributed by atoms with Crippen molar-refractivity contribution in [3.05, 3.63) is 59.1 Å². The normalized spacial score (nSPS) is 17.4. The number of carbonyl (C=O) groups is 1. The SMILES string of the molecule is COc1ccc(Cl)cc1S(=O)(=O)NCC(=O)N1CCO[C@@H](c2ccccc2)C1. The van der Waals surface area contributed by atoms with E-state index in [0.717, 1.165) is 5.56 Å². The number of carbonyl (C=O) groups excluding carboxylic acids is 1. The van der Waals surface area contributed by atoms with E-state index in [0.29, 0.717) is 19.7 Å². The predicted molar refractivity (Wildman–Crippen MR) is 105 cm³/mol. The maximum atomic E-state index is 12.6. The molecule has 2 aromatic rings. The summed E-state index contributed by atoms with van der Waals surface area (Å²) in [6, 6.07) is 13.9. The first-order valence-electron chi connectivity index (χ1n) is 8.68. The number of hydrogen-bond acceptors (Lipinski definition) is 5. The Labute approximate surface area is 169 Å². The lowest BCUT2D eigenvalue weighted by molar-refractivity contribution is -0.137. The largest absolute Gasteiger partial charge is 0.495 e. The lowest BCUT2D eigenvalue weighted by atomic mass is 10.1. The van der Waals surface area contributed by atoms with E-state index >= 15 is 0 Å². The number of nitrogens with zero attached hydrogens (tertiary/aromatic N) is 1. The highest BCUT2D eigenvalue weighted by Gasteiger charge is 2.27. The van der Waals surface area contributed by atoms with Gasteiger partial charge in [0.05, 0.1) is 26.8 Å². The Morgan fingerprint density at radius 1 is 1.29 bits per heavy atom. The summed E-state index contributed by atoms with van der Waals surface area (Å²) in [5, 5.41) is 0.256. The van der Waals surface area contributed by atoms with Gasteiger partial charge in [0.1, 0.15) is 16.7 Å². The van der Waals surface area contributed by atoms with E-state index in [9.17, 15) is 13.2 Å². The van der Waals surface area contributed by atoms with Crippen LogP contribution in [0.1, 0.15) is 11.7 Å². The number of sulfonamides is 1. The fourth-order valence-corrected chi connectivity index (χ4v) is 4.36. The van der Waals surface area contributed by atoms with E-state index in [1.54, 1.807) is 4.90 Å². The van der Waals surface area contributed by atoms with Gasteiger partial charge in [0.2, 0.25) is 15.9 Å². The van der Waals surface area contributed by atoms with Crippen molar-refractivity contribution in [1.29, 1.82) is 0 Å². The molecule has 1 saturated heterocycles. The number of methoxy groups -OCH3 is 1. The standard InChI is InChI=1S/C19H21ClN2O5S/c1-26-16-8-7-15(20)11-18(16)28(24,25)21-12-19(23)22-9-10-27-17(13-22)14-5-3-2-4-6-14/h2-8,11,17,21H,9-10,12-13H2,1H3/t17-/m1/s1. The predicted octanol–water partition coefficient (Wildman–Crippen LogP) is 2.23. The number of ether oxygens (including phenoxy) is 2. The fraction of sp³-hybridized carbons (Fsp3) is 0.316. The zero-order chi connectivity index (χ0) is 20.1. The van der Waals surface area contributed by atoms with Gasteiger partial charge in [-0.2, -0.15) is 0 Å². The lowest BCUT2D eigenvalue weighted by Crippen LogP contribution is -2.46. The van der Waals surface area contributed by atoms with Crippen LogP contribution in [-0.2, 0) is 19.6 Å². The minimum atomic E-state index is -3.96. The molecular weight excluding hydrogens is 404 g/mol. The molecule has 1 atom stereocenters. The molecule has 1 N–H and O–H groups in total. The van der Waals surface area contributed by atoms with Crippen LogP contribution in [-0.4, -0.2) is 52.6 Å².